The molecule has 124 valence electrons. The number of amides is 1. The summed E-state index contributed by atoms with van der Waals surface area (Å²) in [4.78, 5) is 16.1. The molecule has 22 heavy (non-hydrogen) atoms. The summed E-state index contributed by atoms with van der Waals surface area (Å²) in [6, 6.07) is 6.25. The highest BCUT2D eigenvalue weighted by molar-refractivity contribution is 5.85. The van der Waals surface area contributed by atoms with Crippen LogP contribution in [0.5, 0.6) is 0 Å². The molecule has 1 aliphatic heterocycles. The molecule has 1 aliphatic rings. The van der Waals surface area contributed by atoms with Crippen LogP contribution in [0.25, 0.3) is 0 Å². The van der Waals surface area contributed by atoms with E-state index in [0.29, 0.717) is 19.6 Å². The second-order valence-corrected chi connectivity index (χ2v) is 6.35. The van der Waals surface area contributed by atoms with Gasteiger partial charge in [0.15, 0.2) is 0 Å². The zero-order valence-corrected chi connectivity index (χ0v) is 14.0. The summed E-state index contributed by atoms with van der Waals surface area (Å²) in [5, 5.41) is 0. The van der Waals surface area contributed by atoms with Gasteiger partial charge >= 0.3 is 0 Å². The minimum atomic E-state index is -0.258. The Morgan fingerprint density at radius 1 is 1.41 bits per heavy atom. The lowest BCUT2D eigenvalue weighted by atomic mass is 9.90. The van der Waals surface area contributed by atoms with Gasteiger partial charge in [0.2, 0.25) is 5.91 Å². The number of benzene rings is 1. The van der Waals surface area contributed by atoms with Crippen molar-refractivity contribution < 1.29 is 9.18 Å². The molecule has 1 unspecified atom stereocenters. The molecule has 1 atom stereocenters. The Morgan fingerprint density at radius 2 is 2.05 bits per heavy atom. The average molecular weight is 330 g/mol. The standard InChI is InChI=1S/C16H24FN3O.ClH/c1-16(11-18)7-8-20(12-16)10-15(21)19(2)9-13-3-5-14(17)6-4-13;/h3-6H,7-12,18H2,1-2H3;1H. The highest BCUT2D eigenvalue weighted by atomic mass is 35.5. The highest BCUT2D eigenvalue weighted by Crippen LogP contribution is 2.28. The van der Waals surface area contributed by atoms with Crippen molar-refractivity contribution in [3.63, 3.8) is 0 Å². The van der Waals surface area contributed by atoms with Gasteiger partial charge in [-0.3, -0.25) is 9.69 Å². The van der Waals surface area contributed by atoms with Crippen LogP contribution in [0.15, 0.2) is 24.3 Å². The quantitative estimate of drug-likeness (QED) is 0.897. The van der Waals surface area contributed by atoms with E-state index in [9.17, 15) is 9.18 Å². The molecule has 0 aromatic heterocycles. The Hall–Kier alpha value is -1.17. The zero-order chi connectivity index (χ0) is 15.5. The lowest BCUT2D eigenvalue weighted by molar-refractivity contribution is -0.131. The monoisotopic (exact) mass is 329 g/mol. The number of likely N-dealkylation sites (N-methyl/N-ethyl adjacent to an activating group) is 1. The van der Waals surface area contributed by atoms with E-state index in [1.807, 2.05) is 0 Å². The maximum absolute atomic E-state index is 12.9. The Balaban J connectivity index is 0.00000242. The summed E-state index contributed by atoms with van der Waals surface area (Å²) in [6.45, 7) is 5.54. The Bertz CT molecular complexity index is 497. The van der Waals surface area contributed by atoms with Crippen LogP contribution >= 0.6 is 12.4 Å². The molecule has 0 aliphatic carbocycles. The number of likely N-dealkylation sites (tertiary alicyclic amines) is 1. The molecule has 2 rings (SSSR count). The Morgan fingerprint density at radius 3 is 2.59 bits per heavy atom. The molecule has 1 saturated heterocycles. The van der Waals surface area contributed by atoms with Crippen LogP contribution in [-0.2, 0) is 11.3 Å². The molecule has 1 fully saturated rings. The van der Waals surface area contributed by atoms with Crippen LogP contribution in [0.4, 0.5) is 4.39 Å². The van der Waals surface area contributed by atoms with E-state index in [4.69, 9.17) is 5.73 Å². The normalized spacial score (nSPS) is 21.5. The van der Waals surface area contributed by atoms with Gasteiger partial charge in [0.05, 0.1) is 6.54 Å². The predicted octanol–water partition coefficient (Wildman–Crippen LogP) is 1.88. The lowest BCUT2D eigenvalue weighted by Crippen LogP contribution is -2.39. The van der Waals surface area contributed by atoms with E-state index in [1.165, 1.54) is 12.1 Å². The third-order valence-electron chi connectivity index (χ3n) is 4.25. The summed E-state index contributed by atoms with van der Waals surface area (Å²) in [5.74, 6) is -0.175. The summed E-state index contributed by atoms with van der Waals surface area (Å²) >= 11 is 0. The van der Waals surface area contributed by atoms with Gasteiger partial charge in [-0.05, 0) is 42.6 Å². The number of hydrogen-bond acceptors (Lipinski definition) is 3. The molecule has 1 aromatic rings. The van der Waals surface area contributed by atoms with Gasteiger partial charge in [-0.1, -0.05) is 19.1 Å². The molecule has 6 heteroatoms. The van der Waals surface area contributed by atoms with Crippen molar-refractivity contribution in [1.82, 2.24) is 9.80 Å². The number of carbonyl (C=O) groups is 1. The Labute approximate surface area is 137 Å². The van der Waals surface area contributed by atoms with Crippen molar-refractivity contribution in [1.29, 1.82) is 0 Å². The van der Waals surface area contributed by atoms with Crippen molar-refractivity contribution in [3.8, 4) is 0 Å². The van der Waals surface area contributed by atoms with Gasteiger partial charge in [-0.25, -0.2) is 4.39 Å². The van der Waals surface area contributed by atoms with E-state index < -0.39 is 0 Å². The molecule has 0 bridgehead atoms. The molecule has 2 N–H and O–H groups in total. The molecular weight excluding hydrogens is 305 g/mol. The lowest BCUT2D eigenvalue weighted by Gasteiger charge is -2.24. The minimum absolute atomic E-state index is 0. The number of rotatable bonds is 5. The van der Waals surface area contributed by atoms with E-state index >= 15 is 0 Å². The molecule has 4 nitrogen and oxygen atoms in total. The predicted molar refractivity (Wildman–Crippen MR) is 88.3 cm³/mol. The van der Waals surface area contributed by atoms with E-state index in [1.54, 1.807) is 24.1 Å². The molecule has 0 saturated carbocycles. The molecule has 0 radical (unpaired) electrons. The van der Waals surface area contributed by atoms with Crippen molar-refractivity contribution in [2.45, 2.75) is 19.9 Å². The van der Waals surface area contributed by atoms with Crippen LogP contribution in [0.3, 0.4) is 0 Å². The summed E-state index contributed by atoms with van der Waals surface area (Å²) in [5.41, 5.74) is 6.85. The number of hydrogen-bond donors (Lipinski definition) is 1. The second-order valence-electron chi connectivity index (χ2n) is 6.35. The first-order valence-corrected chi connectivity index (χ1v) is 7.33. The average Bonchev–Trinajstić information content (AvgIpc) is 2.83. The summed E-state index contributed by atoms with van der Waals surface area (Å²) in [6.07, 6.45) is 1.04. The second kappa shape index (κ2) is 7.90. The summed E-state index contributed by atoms with van der Waals surface area (Å²) < 4.78 is 12.9. The number of carbonyl (C=O) groups excluding carboxylic acids is 1. The smallest absolute Gasteiger partial charge is 0.236 e. The molecule has 1 aromatic carbocycles. The minimum Gasteiger partial charge on any atom is -0.340 e. The van der Waals surface area contributed by atoms with Gasteiger partial charge in [0.1, 0.15) is 5.82 Å². The SMILES string of the molecule is CN(Cc1ccc(F)cc1)C(=O)CN1CCC(C)(CN)C1.Cl. The van der Waals surface area contributed by atoms with Gasteiger partial charge in [0.25, 0.3) is 0 Å². The van der Waals surface area contributed by atoms with E-state index in [0.717, 1.165) is 25.1 Å². The maximum atomic E-state index is 12.9. The molecule has 0 spiro atoms. The first kappa shape index (κ1) is 18.9. The highest BCUT2D eigenvalue weighted by Gasteiger charge is 2.33. The van der Waals surface area contributed by atoms with E-state index in [2.05, 4.69) is 11.8 Å². The van der Waals surface area contributed by atoms with Crippen LogP contribution in [-0.4, -0.2) is 48.9 Å². The first-order valence-electron chi connectivity index (χ1n) is 7.33. The fourth-order valence-corrected chi connectivity index (χ4v) is 2.69. The number of nitrogens with zero attached hydrogens (tertiary/aromatic N) is 2. The largest absolute Gasteiger partial charge is 0.340 e. The number of halogens is 2. The van der Waals surface area contributed by atoms with Crippen LogP contribution < -0.4 is 5.73 Å². The van der Waals surface area contributed by atoms with Crippen LogP contribution in [0.2, 0.25) is 0 Å². The van der Waals surface area contributed by atoms with Crippen molar-refractivity contribution in [3.05, 3.63) is 35.6 Å². The van der Waals surface area contributed by atoms with Gasteiger partial charge < -0.3 is 10.6 Å². The van der Waals surface area contributed by atoms with Crippen molar-refractivity contribution in [2.24, 2.45) is 11.1 Å². The fourth-order valence-electron chi connectivity index (χ4n) is 2.69. The number of nitrogens with two attached hydrogens (primary N) is 1. The Kier molecular flexibility index (Phi) is 6.78. The van der Waals surface area contributed by atoms with Gasteiger partial charge in [-0.15, -0.1) is 12.4 Å². The summed E-state index contributed by atoms with van der Waals surface area (Å²) in [7, 11) is 1.78. The topological polar surface area (TPSA) is 49.6 Å². The van der Waals surface area contributed by atoms with Gasteiger partial charge in [-0.2, -0.15) is 0 Å². The van der Waals surface area contributed by atoms with Crippen LogP contribution in [0, 0.1) is 11.2 Å². The third-order valence-corrected chi connectivity index (χ3v) is 4.25. The van der Waals surface area contributed by atoms with E-state index in [-0.39, 0.29) is 29.5 Å². The maximum Gasteiger partial charge on any atom is 0.236 e. The van der Waals surface area contributed by atoms with Gasteiger partial charge in [0, 0.05) is 20.1 Å². The first-order chi connectivity index (χ1) is 9.92. The van der Waals surface area contributed by atoms with Crippen LogP contribution in [0.1, 0.15) is 18.9 Å². The zero-order valence-electron chi connectivity index (χ0n) is 13.2. The fraction of sp³-hybridized carbons (Fsp3) is 0.562. The third kappa shape index (κ3) is 4.93. The molecule has 1 amide bonds. The molecular formula is C16H25ClFN3O. The molecule has 1 heterocycles. The van der Waals surface area contributed by atoms with Crippen molar-refractivity contribution in [2.75, 3.05) is 33.2 Å². The van der Waals surface area contributed by atoms with Crippen molar-refractivity contribution >= 4 is 18.3 Å².